The lowest BCUT2D eigenvalue weighted by atomic mass is 9.79. The maximum Gasteiger partial charge on any atom is 0.420 e. The lowest BCUT2D eigenvalue weighted by Crippen LogP contribution is -2.63. The van der Waals surface area contributed by atoms with Gasteiger partial charge in [-0.1, -0.05) is 54.1 Å². The summed E-state index contributed by atoms with van der Waals surface area (Å²) in [5.41, 5.74) is -2.36. The zero-order valence-corrected chi connectivity index (χ0v) is 20.9. The second-order valence-corrected chi connectivity index (χ2v) is 9.15. The minimum Gasteiger partial charge on any atom is -0.497 e. The Morgan fingerprint density at radius 2 is 1.50 bits per heavy atom. The van der Waals surface area contributed by atoms with Crippen molar-refractivity contribution in [2.45, 2.75) is 18.3 Å². The van der Waals surface area contributed by atoms with E-state index in [1.54, 1.807) is 48.5 Å². The number of ether oxygens (including phenoxy) is 2. The lowest BCUT2D eigenvalue weighted by Gasteiger charge is -2.45. The fourth-order valence-corrected chi connectivity index (χ4v) is 4.70. The number of halogens is 4. The van der Waals surface area contributed by atoms with Gasteiger partial charge in [-0.3, -0.25) is 4.90 Å². The van der Waals surface area contributed by atoms with Crippen molar-refractivity contribution >= 4 is 23.3 Å². The Morgan fingerprint density at radius 1 is 0.868 bits per heavy atom. The van der Waals surface area contributed by atoms with Crippen LogP contribution in [0.15, 0.2) is 97.1 Å². The summed E-state index contributed by atoms with van der Waals surface area (Å²) in [6, 6.07) is 24.6. The standard InChI is InChI=1S/C29H22ClF3N2O3/c1-37-22-12-7-19(8-13-22)18-35-26-16-11-21(30)17-25(26)28(29(31,32)33,34-27(35)36)20-9-14-24(15-10-20)38-23-5-3-2-4-6-23/h2-17H,18H2,1H3,(H,34,36)/t28-/m1/s1. The normalized spacial score (nSPS) is 17.0. The number of nitrogens with one attached hydrogen (secondary N) is 1. The van der Waals surface area contributed by atoms with E-state index >= 15 is 13.2 Å². The average Bonchev–Trinajstić information content (AvgIpc) is 2.91. The Kier molecular flexibility index (Phi) is 6.67. The number of hydrogen-bond acceptors (Lipinski definition) is 3. The van der Waals surface area contributed by atoms with E-state index in [4.69, 9.17) is 21.1 Å². The highest BCUT2D eigenvalue weighted by molar-refractivity contribution is 6.30. The van der Waals surface area contributed by atoms with Gasteiger partial charge in [0.25, 0.3) is 0 Å². The summed E-state index contributed by atoms with van der Waals surface area (Å²) in [6.07, 6.45) is -4.89. The SMILES string of the molecule is COc1ccc(CN2C(=O)N[C@@](c3ccc(Oc4ccccc4)cc3)(C(F)(F)F)c3cc(Cl)ccc32)cc1. The van der Waals surface area contributed by atoms with Crippen molar-refractivity contribution in [2.75, 3.05) is 12.0 Å². The third-order valence-electron chi connectivity index (χ3n) is 6.38. The molecular weight excluding hydrogens is 517 g/mol. The number of hydrogen-bond donors (Lipinski definition) is 1. The van der Waals surface area contributed by atoms with Crippen molar-refractivity contribution in [3.63, 3.8) is 0 Å². The highest BCUT2D eigenvalue weighted by Gasteiger charge is 2.62. The number of alkyl halides is 3. The van der Waals surface area contributed by atoms with E-state index < -0.39 is 17.7 Å². The molecule has 1 N–H and O–H groups in total. The first-order valence-corrected chi connectivity index (χ1v) is 12.0. The number of carbonyl (C=O) groups is 1. The molecule has 1 atom stereocenters. The van der Waals surface area contributed by atoms with Crippen LogP contribution in [0.4, 0.5) is 23.7 Å². The number of rotatable bonds is 6. The fourth-order valence-electron chi connectivity index (χ4n) is 4.53. The largest absolute Gasteiger partial charge is 0.497 e. The van der Waals surface area contributed by atoms with E-state index in [0.29, 0.717) is 22.8 Å². The van der Waals surface area contributed by atoms with Gasteiger partial charge in [-0.2, -0.15) is 13.2 Å². The summed E-state index contributed by atoms with van der Waals surface area (Å²) in [5.74, 6) is 1.52. The van der Waals surface area contributed by atoms with E-state index in [0.717, 1.165) is 0 Å². The monoisotopic (exact) mass is 538 g/mol. The molecule has 0 aliphatic carbocycles. The second kappa shape index (κ2) is 9.95. The van der Waals surface area contributed by atoms with Crippen molar-refractivity contribution in [3.8, 4) is 17.2 Å². The van der Waals surface area contributed by atoms with Gasteiger partial charge in [0.05, 0.1) is 19.3 Å². The zero-order valence-electron chi connectivity index (χ0n) is 20.1. The summed E-state index contributed by atoms with van der Waals surface area (Å²) < 4.78 is 56.0. The molecule has 4 aromatic rings. The summed E-state index contributed by atoms with van der Waals surface area (Å²) >= 11 is 6.20. The van der Waals surface area contributed by atoms with Gasteiger partial charge in [-0.05, 0) is 65.7 Å². The quantitative estimate of drug-likeness (QED) is 0.274. The Balaban J connectivity index is 1.57. The summed E-state index contributed by atoms with van der Waals surface area (Å²) in [7, 11) is 1.53. The van der Waals surface area contributed by atoms with Gasteiger partial charge >= 0.3 is 12.2 Å². The van der Waals surface area contributed by atoms with Crippen LogP contribution in [0, 0.1) is 0 Å². The molecule has 0 saturated heterocycles. The third-order valence-corrected chi connectivity index (χ3v) is 6.62. The number of benzene rings is 4. The average molecular weight is 539 g/mol. The van der Waals surface area contributed by atoms with Crippen molar-refractivity contribution in [1.82, 2.24) is 5.32 Å². The Labute approximate surface area is 222 Å². The van der Waals surface area contributed by atoms with Crippen molar-refractivity contribution in [2.24, 2.45) is 0 Å². The molecule has 2 amide bonds. The highest BCUT2D eigenvalue weighted by Crippen LogP contribution is 2.51. The van der Waals surface area contributed by atoms with Gasteiger partial charge in [0.2, 0.25) is 0 Å². The smallest absolute Gasteiger partial charge is 0.420 e. The molecule has 0 saturated carbocycles. The molecule has 9 heteroatoms. The van der Waals surface area contributed by atoms with Gasteiger partial charge in [0.1, 0.15) is 17.2 Å². The Morgan fingerprint density at radius 3 is 2.13 bits per heavy atom. The molecule has 1 heterocycles. The molecule has 1 aliphatic heterocycles. The number of fused-ring (bicyclic) bond motifs is 1. The molecule has 0 fully saturated rings. The van der Waals surface area contributed by atoms with E-state index in [-0.39, 0.29) is 28.4 Å². The molecule has 0 aromatic heterocycles. The summed E-state index contributed by atoms with van der Waals surface area (Å²) in [6.45, 7) is 0.0439. The Bertz CT molecular complexity index is 1450. The minimum atomic E-state index is -4.89. The van der Waals surface area contributed by atoms with E-state index in [1.165, 1.54) is 54.5 Å². The van der Waals surface area contributed by atoms with Gasteiger partial charge < -0.3 is 14.8 Å². The van der Waals surface area contributed by atoms with Crippen LogP contribution in [0.2, 0.25) is 5.02 Å². The van der Waals surface area contributed by atoms with Gasteiger partial charge in [-0.25, -0.2) is 4.79 Å². The van der Waals surface area contributed by atoms with E-state index in [9.17, 15) is 4.79 Å². The first-order chi connectivity index (χ1) is 18.2. The molecule has 38 heavy (non-hydrogen) atoms. The molecule has 194 valence electrons. The third kappa shape index (κ3) is 4.63. The number of amides is 2. The van der Waals surface area contributed by atoms with Crippen LogP contribution in [-0.2, 0) is 12.1 Å². The molecule has 0 unspecified atom stereocenters. The molecule has 0 radical (unpaired) electrons. The van der Waals surface area contributed by atoms with Crippen molar-refractivity contribution in [3.05, 3.63) is 119 Å². The van der Waals surface area contributed by atoms with Crippen LogP contribution in [0.1, 0.15) is 16.7 Å². The number of methoxy groups -OCH3 is 1. The second-order valence-electron chi connectivity index (χ2n) is 8.71. The molecule has 4 aromatic carbocycles. The minimum absolute atomic E-state index is 0.0439. The van der Waals surface area contributed by atoms with Crippen molar-refractivity contribution < 1.29 is 27.4 Å². The maximum absolute atomic E-state index is 15.0. The molecule has 1 aliphatic rings. The van der Waals surface area contributed by atoms with Crippen LogP contribution >= 0.6 is 11.6 Å². The predicted octanol–water partition coefficient (Wildman–Crippen LogP) is 7.68. The molecule has 5 rings (SSSR count). The van der Waals surface area contributed by atoms with Crippen LogP contribution in [0.3, 0.4) is 0 Å². The van der Waals surface area contributed by atoms with Crippen LogP contribution in [0.25, 0.3) is 0 Å². The Hall–Kier alpha value is -4.17. The van der Waals surface area contributed by atoms with Gasteiger partial charge in [0.15, 0.2) is 5.54 Å². The first kappa shape index (κ1) is 25.5. The number of nitrogens with zero attached hydrogens (tertiary/aromatic N) is 1. The fraction of sp³-hybridized carbons (Fsp3) is 0.138. The molecular formula is C29H22ClF3N2O3. The summed E-state index contributed by atoms with van der Waals surface area (Å²) in [4.78, 5) is 14.6. The molecule has 5 nitrogen and oxygen atoms in total. The van der Waals surface area contributed by atoms with E-state index in [2.05, 4.69) is 5.32 Å². The molecule has 0 bridgehead atoms. The number of anilines is 1. The number of urea groups is 1. The number of para-hydroxylation sites is 1. The van der Waals surface area contributed by atoms with E-state index in [1.807, 2.05) is 6.07 Å². The van der Waals surface area contributed by atoms with Gasteiger partial charge in [-0.15, -0.1) is 0 Å². The predicted molar refractivity (Wildman–Crippen MR) is 139 cm³/mol. The van der Waals surface area contributed by atoms with Crippen LogP contribution in [0.5, 0.6) is 17.2 Å². The first-order valence-electron chi connectivity index (χ1n) is 11.6. The zero-order chi connectivity index (χ0) is 26.9. The van der Waals surface area contributed by atoms with Crippen molar-refractivity contribution in [1.29, 1.82) is 0 Å². The highest BCUT2D eigenvalue weighted by atomic mass is 35.5. The molecule has 0 spiro atoms. The number of carbonyl (C=O) groups excluding carboxylic acids is 1. The summed E-state index contributed by atoms with van der Waals surface area (Å²) in [5, 5.41) is 2.38. The van der Waals surface area contributed by atoms with Crippen LogP contribution in [-0.4, -0.2) is 19.3 Å². The van der Waals surface area contributed by atoms with Gasteiger partial charge in [0, 0.05) is 10.6 Å². The lowest BCUT2D eigenvalue weighted by molar-refractivity contribution is -0.184. The maximum atomic E-state index is 15.0. The topological polar surface area (TPSA) is 50.8 Å². The van der Waals surface area contributed by atoms with Crippen LogP contribution < -0.4 is 19.7 Å².